The molecule has 1 aliphatic rings. The minimum absolute atomic E-state index is 0.446. The summed E-state index contributed by atoms with van der Waals surface area (Å²) in [4.78, 5) is 9.30. The smallest absolute Gasteiger partial charge is 0.191 e. The van der Waals surface area contributed by atoms with E-state index in [1.807, 2.05) is 26.2 Å². The van der Waals surface area contributed by atoms with Crippen molar-refractivity contribution in [2.45, 2.75) is 26.4 Å². The van der Waals surface area contributed by atoms with Gasteiger partial charge in [-0.15, -0.1) is 0 Å². The Hall–Kier alpha value is -1.83. The third-order valence-corrected chi connectivity index (χ3v) is 4.70. The lowest BCUT2D eigenvalue weighted by molar-refractivity contribution is 0.0211. The molecule has 1 heterocycles. The normalized spacial score (nSPS) is 16.8. The molecule has 0 amide bonds. The lowest BCUT2D eigenvalue weighted by atomic mass is 10.2. The molecule has 1 aromatic rings. The van der Waals surface area contributed by atoms with Gasteiger partial charge < -0.3 is 25.0 Å². The van der Waals surface area contributed by atoms with E-state index in [9.17, 15) is 0 Å². The van der Waals surface area contributed by atoms with Crippen molar-refractivity contribution in [2.75, 3.05) is 66.6 Å². The second kappa shape index (κ2) is 12.6. The molecular weight excluding hydrogens is 354 g/mol. The van der Waals surface area contributed by atoms with Crippen LogP contribution in [0.15, 0.2) is 29.3 Å². The van der Waals surface area contributed by atoms with Gasteiger partial charge in [0.25, 0.3) is 0 Å². The zero-order valence-electron chi connectivity index (χ0n) is 17.9. The third kappa shape index (κ3) is 8.46. The molecule has 7 nitrogen and oxygen atoms in total. The van der Waals surface area contributed by atoms with E-state index in [-0.39, 0.29) is 0 Å². The number of nitrogens with zero attached hydrogens (tertiary/aromatic N) is 3. The summed E-state index contributed by atoms with van der Waals surface area (Å²) < 4.78 is 11.3. The molecule has 0 aromatic heterocycles. The first kappa shape index (κ1) is 22.5. The number of likely N-dealkylation sites (N-methyl/N-ethyl adjacent to an activating group) is 1. The fourth-order valence-corrected chi connectivity index (χ4v) is 2.98. The van der Waals surface area contributed by atoms with E-state index in [0.29, 0.717) is 19.2 Å². The molecule has 0 radical (unpaired) electrons. The van der Waals surface area contributed by atoms with Gasteiger partial charge in [0, 0.05) is 38.8 Å². The highest BCUT2D eigenvalue weighted by atomic mass is 16.5. The maximum atomic E-state index is 5.82. The topological polar surface area (TPSA) is 61.4 Å². The van der Waals surface area contributed by atoms with Crippen LogP contribution in [-0.2, 0) is 11.3 Å². The van der Waals surface area contributed by atoms with E-state index in [0.717, 1.165) is 63.2 Å². The number of aliphatic imine (C=N–C) groups is 1. The molecular formula is C21H37N5O2. The van der Waals surface area contributed by atoms with Crippen LogP contribution in [0, 0.1) is 0 Å². The molecule has 28 heavy (non-hydrogen) atoms. The Bertz CT molecular complexity index is 588. The van der Waals surface area contributed by atoms with Crippen LogP contribution in [0.2, 0.25) is 0 Å². The molecule has 1 atom stereocenters. The average molecular weight is 392 g/mol. The van der Waals surface area contributed by atoms with E-state index in [1.165, 1.54) is 0 Å². The number of ether oxygens (including phenoxy) is 2. The second-order valence-corrected chi connectivity index (χ2v) is 7.37. The van der Waals surface area contributed by atoms with Gasteiger partial charge in [-0.3, -0.25) is 4.90 Å². The largest absolute Gasteiger partial charge is 0.492 e. The summed E-state index contributed by atoms with van der Waals surface area (Å²) in [6.45, 7) is 11.9. The first-order valence-corrected chi connectivity index (χ1v) is 10.3. The van der Waals surface area contributed by atoms with Gasteiger partial charge in [-0.2, -0.15) is 0 Å². The first-order valence-electron chi connectivity index (χ1n) is 10.3. The standard InChI is InChI=1S/C21H37N5O2/c1-5-22-21(23-16-18(2)26-10-12-27-13-11-26)24-17-19-7-6-8-20(15-19)28-14-9-25(3)4/h6-8,15,18H,5,9-14,16-17H2,1-4H3,(H2,22,23,24). The molecule has 2 N–H and O–H groups in total. The summed E-state index contributed by atoms with van der Waals surface area (Å²) in [5.41, 5.74) is 1.14. The molecule has 1 saturated heterocycles. The van der Waals surface area contributed by atoms with Crippen molar-refractivity contribution in [3.63, 3.8) is 0 Å². The van der Waals surface area contributed by atoms with Crippen LogP contribution in [0.4, 0.5) is 0 Å². The zero-order valence-corrected chi connectivity index (χ0v) is 17.9. The Morgan fingerprint density at radius 1 is 1.29 bits per heavy atom. The summed E-state index contributed by atoms with van der Waals surface area (Å²) >= 11 is 0. The summed E-state index contributed by atoms with van der Waals surface area (Å²) in [7, 11) is 4.09. The highest BCUT2D eigenvalue weighted by molar-refractivity contribution is 5.79. The van der Waals surface area contributed by atoms with Crippen LogP contribution in [0.25, 0.3) is 0 Å². The van der Waals surface area contributed by atoms with E-state index in [4.69, 9.17) is 14.5 Å². The van der Waals surface area contributed by atoms with Gasteiger partial charge >= 0.3 is 0 Å². The number of benzene rings is 1. The van der Waals surface area contributed by atoms with Crippen molar-refractivity contribution in [3.8, 4) is 5.75 Å². The number of hydrogen-bond donors (Lipinski definition) is 2. The molecule has 1 aliphatic heterocycles. The predicted molar refractivity (Wildman–Crippen MR) is 115 cm³/mol. The molecule has 2 rings (SSSR count). The molecule has 0 bridgehead atoms. The van der Waals surface area contributed by atoms with Crippen molar-refractivity contribution in [1.29, 1.82) is 0 Å². The number of guanidine groups is 1. The van der Waals surface area contributed by atoms with Gasteiger partial charge in [-0.25, -0.2) is 4.99 Å². The summed E-state index contributed by atoms with van der Waals surface area (Å²) in [6, 6.07) is 8.62. The van der Waals surface area contributed by atoms with Crippen molar-refractivity contribution in [3.05, 3.63) is 29.8 Å². The zero-order chi connectivity index (χ0) is 20.2. The molecule has 1 aromatic carbocycles. The van der Waals surface area contributed by atoms with Crippen LogP contribution in [0.1, 0.15) is 19.4 Å². The molecule has 0 saturated carbocycles. The van der Waals surface area contributed by atoms with Crippen molar-refractivity contribution in [1.82, 2.24) is 20.4 Å². The Morgan fingerprint density at radius 3 is 2.79 bits per heavy atom. The number of rotatable bonds is 10. The average Bonchev–Trinajstić information content (AvgIpc) is 2.70. The minimum Gasteiger partial charge on any atom is -0.492 e. The monoisotopic (exact) mass is 391 g/mol. The van der Waals surface area contributed by atoms with Gasteiger partial charge in [-0.05, 0) is 45.6 Å². The Balaban J connectivity index is 1.85. The van der Waals surface area contributed by atoms with Crippen LogP contribution in [0.3, 0.4) is 0 Å². The highest BCUT2D eigenvalue weighted by Gasteiger charge is 2.16. The van der Waals surface area contributed by atoms with Crippen molar-refractivity contribution >= 4 is 5.96 Å². The lowest BCUT2D eigenvalue weighted by Gasteiger charge is -2.32. The number of nitrogens with one attached hydrogen (secondary N) is 2. The van der Waals surface area contributed by atoms with E-state index < -0.39 is 0 Å². The van der Waals surface area contributed by atoms with Crippen LogP contribution >= 0.6 is 0 Å². The number of morpholine rings is 1. The van der Waals surface area contributed by atoms with Crippen LogP contribution < -0.4 is 15.4 Å². The first-order chi connectivity index (χ1) is 13.6. The van der Waals surface area contributed by atoms with Gasteiger partial charge in [0.2, 0.25) is 0 Å². The van der Waals surface area contributed by atoms with Crippen molar-refractivity contribution in [2.24, 2.45) is 4.99 Å². The van der Waals surface area contributed by atoms with E-state index in [1.54, 1.807) is 0 Å². The molecule has 0 aliphatic carbocycles. The Kier molecular flexibility index (Phi) is 10.1. The molecule has 7 heteroatoms. The quantitative estimate of drug-likeness (QED) is 0.464. The van der Waals surface area contributed by atoms with Gasteiger partial charge in [0.15, 0.2) is 5.96 Å². The van der Waals surface area contributed by atoms with Crippen molar-refractivity contribution < 1.29 is 9.47 Å². The maximum absolute atomic E-state index is 5.82. The summed E-state index contributed by atoms with van der Waals surface area (Å²) in [5.74, 6) is 1.75. The fraction of sp³-hybridized carbons (Fsp3) is 0.667. The van der Waals surface area contributed by atoms with E-state index >= 15 is 0 Å². The molecule has 158 valence electrons. The lowest BCUT2D eigenvalue weighted by Crippen LogP contribution is -2.49. The maximum Gasteiger partial charge on any atom is 0.191 e. The predicted octanol–water partition coefficient (Wildman–Crippen LogP) is 1.40. The van der Waals surface area contributed by atoms with Crippen LogP contribution in [-0.4, -0.2) is 88.4 Å². The Morgan fingerprint density at radius 2 is 2.07 bits per heavy atom. The van der Waals surface area contributed by atoms with Gasteiger partial charge in [-0.1, -0.05) is 12.1 Å². The second-order valence-electron chi connectivity index (χ2n) is 7.37. The van der Waals surface area contributed by atoms with E-state index in [2.05, 4.69) is 46.4 Å². The fourth-order valence-electron chi connectivity index (χ4n) is 2.98. The minimum atomic E-state index is 0.446. The van der Waals surface area contributed by atoms with Gasteiger partial charge in [0.05, 0.1) is 19.8 Å². The molecule has 1 unspecified atom stereocenters. The molecule has 1 fully saturated rings. The highest BCUT2D eigenvalue weighted by Crippen LogP contribution is 2.14. The summed E-state index contributed by atoms with van der Waals surface area (Å²) in [5, 5.41) is 6.80. The Labute approximate surface area is 170 Å². The third-order valence-electron chi connectivity index (χ3n) is 4.70. The van der Waals surface area contributed by atoms with Gasteiger partial charge in [0.1, 0.15) is 12.4 Å². The molecule has 0 spiro atoms. The number of hydrogen-bond acceptors (Lipinski definition) is 5. The summed E-state index contributed by atoms with van der Waals surface area (Å²) in [6.07, 6.45) is 0. The van der Waals surface area contributed by atoms with Crippen LogP contribution in [0.5, 0.6) is 5.75 Å². The SMILES string of the molecule is CCNC(=NCc1cccc(OCCN(C)C)c1)NCC(C)N1CCOCC1.